The van der Waals surface area contributed by atoms with E-state index in [4.69, 9.17) is 4.74 Å². The quantitative estimate of drug-likeness (QED) is 0.382. The van der Waals surface area contributed by atoms with Crippen LogP contribution in [0.3, 0.4) is 0 Å². The van der Waals surface area contributed by atoms with Crippen molar-refractivity contribution in [1.29, 1.82) is 0 Å². The third kappa shape index (κ3) is 3.14. The van der Waals surface area contributed by atoms with Crippen LogP contribution in [0, 0.1) is 0 Å². The molecule has 0 aliphatic rings. The molecule has 0 bridgehead atoms. The number of thioether (sulfide) groups is 1. The Morgan fingerprint density at radius 3 is 3.06 bits per heavy atom. The van der Waals surface area contributed by atoms with Crippen LogP contribution in [0.2, 0.25) is 0 Å². The van der Waals surface area contributed by atoms with Crippen LogP contribution in [-0.4, -0.2) is 23.3 Å². The van der Waals surface area contributed by atoms with Crippen molar-refractivity contribution in [1.82, 2.24) is 4.98 Å². The number of aromatic amines is 1. The van der Waals surface area contributed by atoms with Gasteiger partial charge in [-0.05, 0) is 12.1 Å². The molecule has 1 aromatic heterocycles. The lowest BCUT2D eigenvalue weighted by molar-refractivity contribution is -0.137. The Bertz CT molecular complexity index is 500. The molecule has 4 heteroatoms. The van der Waals surface area contributed by atoms with E-state index >= 15 is 0 Å². The van der Waals surface area contributed by atoms with Crippen molar-refractivity contribution >= 4 is 28.6 Å². The molecular weight excluding hydrogens is 234 g/mol. The smallest absolute Gasteiger partial charge is 0.330 e. The fourth-order valence-electron chi connectivity index (χ4n) is 1.48. The van der Waals surface area contributed by atoms with Gasteiger partial charge in [0, 0.05) is 22.7 Å². The van der Waals surface area contributed by atoms with Crippen LogP contribution in [0.4, 0.5) is 0 Å². The largest absolute Gasteiger partial charge is 0.462 e. The van der Waals surface area contributed by atoms with E-state index < -0.39 is 0 Å². The minimum atomic E-state index is -0.373. The summed E-state index contributed by atoms with van der Waals surface area (Å²) >= 11 is 1.63. The second-order valence-electron chi connectivity index (χ2n) is 3.44. The zero-order valence-corrected chi connectivity index (χ0v) is 10.1. The first-order valence-electron chi connectivity index (χ1n) is 5.29. The summed E-state index contributed by atoms with van der Waals surface area (Å²) in [5.74, 6) is 0.356. The molecule has 0 spiro atoms. The maximum absolute atomic E-state index is 10.8. The number of nitrogens with one attached hydrogen (secondary N) is 1. The minimum absolute atomic E-state index is 0.373. The minimum Gasteiger partial charge on any atom is -0.462 e. The summed E-state index contributed by atoms with van der Waals surface area (Å²) in [5, 5.41) is 2.28. The molecule has 2 aromatic rings. The summed E-state index contributed by atoms with van der Waals surface area (Å²) < 4.78 is 4.90. The maximum atomic E-state index is 10.8. The molecule has 0 radical (unpaired) electrons. The predicted octanol–water partition coefficient (Wildman–Crippen LogP) is 2.99. The Labute approximate surface area is 104 Å². The topological polar surface area (TPSA) is 42.1 Å². The molecule has 0 fully saturated rings. The first kappa shape index (κ1) is 11.8. The van der Waals surface area contributed by atoms with Crippen molar-refractivity contribution in [2.75, 3.05) is 12.4 Å². The lowest BCUT2D eigenvalue weighted by atomic mass is 10.3. The van der Waals surface area contributed by atoms with Crippen molar-refractivity contribution in [3.8, 4) is 0 Å². The van der Waals surface area contributed by atoms with Crippen LogP contribution in [-0.2, 0) is 9.53 Å². The molecule has 88 valence electrons. The molecule has 2 rings (SSSR count). The number of para-hydroxylation sites is 1. The van der Waals surface area contributed by atoms with Gasteiger partial charge in [0.15, 0.2) is 0 Å². The van der Waals surface area contributed by atoms with Crippen LogP contribution in [0.1, 0.15) is 0 Å². The van der Waals surface area contributed by atoms with Crippen molar-refractivity contribution in [3.63, 3.8) is 0 Å². The van der Waals surface area contributed by atoms with Gasteiger partial charge in [-0.25, -0.2) is 4.79 Å². The molecule has 0 aliphatic carbocycles. The Morgan fingerprint density at radius 1 is 1.47 bits per heavy atom. The molecule has 0 unspecified atom stereocenters. The summed E-state index contributed by atoms with van der Waals surface area (Å²) in [7, 11) is 0. The number of aromatic nitrogens is 1. The van der Waals surface area contributed by atoms with Crippen molar-refractivity contribution in [3.05, 3.63) is 43.0 Å². The Kier molecular flexibility index (Phi) is 3.88. The molecule has 0 saturated heterocycles. The molecule has 1 N–H and O–H groups in total. The summed E-state index contributed by atoms with van der Waals surface area (Å²) in [6.07, 6.45) is 1.17. The van der Waals surface area contributed by atoms with E-state index in [-0.39, 0.29) is 5.97 Å². The molecular formula is C13H13NO2S. The zero-order valence-electron chi connectivity index (χ0n) is 9.31. The molecule has 0 saturated carbocycles. The SMILES string of the molecule is C=CC(=O)OCCSc1cc2ccccc2[nH]1. The van der Waals surface area contributed by atoms with Crippen molar-refractivity contribution in [2.24, 2.45) is 0 Å². The third-order valence-electron chi connectivity index (χ3n) is 2.26. The summed E-state index contributed by atoms with van der Waals surface area (Å²) in [5.41, 5.74) is 1.12. The first-order chi connectivity index (χ1) is 8.29. The molecule has 17 heavy (non-hydrogen) atoms. The molecule has 0 atom stereocenters. The van der Waals surface area contributed by atoms with Gasteiger partial charge in [0.2, 0.25) is 0 Å². The zero-order chi connectivity index (χ0) is 12.1. The monoisotopic (exact) mass is 247 g/mol. The Morgan fingerprint density at radius 2 is 2.29 bits per heavy atom. The second-order valence-corrected chi connectivity index (χ2v) is 4.58. The van der Waals surface area contributed by atoms with Gasteiger partial charge < -0.3 is 9.72 Å². The highest BCUT2D eigenvalue weighted by atomic mass is 32.2. The van der Waals surface area contributed by atoms with Gasteiger partial charge >= 0.3 is 5.97 Å². The van der Waals surface area contributed by atoms with Gasteiger partial charge in [-0.1, -0.05) is 24.8 Å². The number of esters is 1. The maximum Gasteiger partial charge on any atom is 0.330 e. The summed E-state index contributed by atoms with van der Waals surface area (Å²) in [6.45, 7) is 3.73. The van der Waals surface area contributed by atoms with Crippen LogP contribution in [0.5, 0.6) is 0 Å². The highest BCUT2D eigenvalue weighted by Gasteiger charge is 2.01. The van der Waals surface area contributed by atoms with E-state index in [0.717, 1.165) is 16.3 Å². The average molecular weight is 247 g/mol. The van der Waals surface area contributed by atoms with Gasteiger partial charge in [-0.2, -0.15) is 0 Å². The van der Waals surface area contributed by atoms with Gasteiger partial charge in [0.1, 0.15) is 6.61 Å². The van der Waals surface area contributed by atoms with Crippen LogP contribution in [0.15, 0.2) is 48.0 Å². The average Bonchev–Trinajstić information content (AvgIpc) is 2.76. The number of benzene rings is 1. The van der Waals surface area contributed by atoms with E-state index in [1.807, 2.05) is 18.2 Å². The predicted molar refractivity (Wildman–Crippen MR) is 70.2 cm³/mol. The van der Waals surface area contributed by atoms with Gasteiger partial charge in [-0.15, -0.1) is 11.8 Å². The number of carbonyl (C=O) groups excluding carboxylic acids is 1. The lowest BCUT2D eigenvalue weighted by Crippen LogP contribution is -2.03. The number of fused-ring (bicyclic) bond motifs is 1. The highest BCUT2D eigenvalue weighted by Crippen LogP contribution is 2.22. The number of ether oxygens (including phenoxy) is 1. The van der Waals surface area contributed by atoms with Crippen LogP contribution in [0.25, 0.3) is 10.9 Å². The summed E-state index contributed by atoms with van der Waals surface area (Å²) in [4.78, 5) is 14.1. The first-order valence-corrected chi connectivity index (χ1v) is 6.28. The fraction of sp³-hybridized carbons (Fsp3) is 0.154. The van der Waals surface area contributed by atoms with Gasteiger partial charge in [-0.3, -0.25) is 0 Å². The Balaban J connectivity index is 1.87. The van der Waals surface area contributed by atoms with Crippen molar-refractivity contribution in [2.45, 2.75) is 5.03 Å². The van der Waals surface area contributed by atoms with E-state index in [9.17, 15) is 4.79 Å². The van der Waals surface area contributed by atoms with E-state index in [1.165, 1.54) is 11.5 Å². The highest BCUT2D eigenvalue weighted by molar-refractivity contribution is 7.99. The molecule has 0 amide bonds. The third-order valence-corrected chi connectivity index (χ3v) is 3.16. The number of H-pyrrole nitrogens is 1. The van der Waals surface area contributed by atoms with Crippen LogP contribution < -0.4 is 0 Å². The standard InChI is InChI=1S/C13H13NO2S/c1-2-13(15)16-7-8-17-12-9-10-5-3-4-6-11(10)14-12/h2-6,9,14H,1,7-8H2. The van der Waals surface area contributed by atoms with Gasteiger partial charge in [0.25, 0.3) is 0 Å². The normalized spacial score (nSPS) is 10.4. The fourth-order valence-corrected chi connectivity index (χ4v) is 2.26. The lowest BCUT2D eigenvalue weighted by Gasteiger charge is -2.00. The van der Waals surface area contributed by atoms with Crippen molar-refractivity contribution < 1.29 is 9.53 Å². The summed E-state index contributed by atoms with van der Waals surface area (Å²) in [6, 6.07) is 10.2. The number of rotatable bonds is 5. The van der Waals surface area contributed by atoms with Gasteiger partial charge in [0.05, 0.1) is 5.03 Å². The number of carbonyl (C=O) groups is 1. The van der Waals surface area contributed by atoms with E-state index in [0.29, 0.717) is 6.61 Å². The molecule has 1 aromatic carbocycles. The molecule has 0 aliphatic heterocycles. The number of hydrogen-bond donors (Lipinski definition) is 1. The Hall–Kier alpha value is -1.68. The second kappa shape index (κ2) is 5.59. The number of hydrogen-bond acceptors (Lipinski definition) is 3. The van der Waals surface area contributed by atoms with Crippen LogP contribution >= 0.6 is 11.8 Å². The van der Waals surface area contributed by atoms with E-state index in [2.05, 4.69) is 23.7 Å². The molecule has 1 heterocycles. The molecule has 3 nitrogen and oxygen atoms in total. The van der Waals surface area contributed by atoms with E-state index in [1.54, 1.807) is 11.8 Å².